The molecule has 0 radical (unpaired) electrons. The fraction of sp³-hybridized carbons (Fsp3) is 0.900. The van der Waals surface area contributed by atoms with Crippen LogP contribution in [0.25, 0.3) is 0 Å². The van der Waals surface area contributed by atoms with Gasteiger partial charge in [0, 0.05) is 26.2 Å². The van der Waals surface area contributed by atoms with Crippen molar-refractivity contribution in [3.8, 4) is 0 Å². The number of carbonyl (C=O) groups is 1. The molecule has 0 aromatic rings. The molecule has 1 aliphatic heterocycles. The van der Waals surface area contributed by atoms with Gasteiger partial charge in [-0.15, -0.1) is 0 Å². The molecule has 0 unspecified atom stereocenters. The highest BCUT2D eigenvalue weighted by atomic mass is 16.5. The number of carboxylic acid groups (broad SMARTS) is 1. The summed E-state index contributed by atoms with van der Waals surface area (Å²) in [6.07, 6.45) is 0. The number of ether oxygens (including phenoxy) is 2. The van der Waals surface area contributed by atoms with Crippen LogP contribution in [0.5, 0.6) is 0 Å². The summed E-state index contributed by atoms with van der Waals surface area (Å²) >= 11 is 0. The second kappa shape index (κ2) is 5.44. The summed E-state index contributed by atoms with van der Waals surface area (Å²) in [5, 5.41) is 8.48. The monoisotopic (exact) mass is 217 g/mol. The van der Waals surface area contributed by atoms with Crippen molar-refractivity contribution in [2.75, 3.05) is 39.5 Å². The van der Waals surface area contributed by atoms with Crippen molar-refractivity contribution in [3.63, 3.8) is 0 Å². The van der Waals surface area contributed by atoms with E-state index in [2.05, 4.69) is 4.90 Å². The third-order valence-electron chi connectivity index (χ3n) is 2.42. The number of aliphatic carboxylic acids is 1. The Bertz CT molecular complexity index is 213. The summed E-state index contributed by atoms with van der Waals surface area (Å²) in [5.74, 6) is -0.913. The minimum atomic E-state index is -0.913. The number of hydrogen-bond donors (Lipinski definition) is 1. The number of carboxylic acids is 1. The molecule has 1 aliphatic rings. The Balaban J connectivity index is 2.09. The molecular formula is C10H19NO4. The first kappa shape index (κ1) is 12.4. The summed E-state index contributed by atoms with van der Waals surface area (Å²) in [4.78, 5) is 12.5. The van der Waals surface area contributed by atoms with Crippen molar-refractivity contribution in [2.45, 2.75) is 19.4 Å². The quantitative estimate of drug-likeness (QED) is 0.617. The van der Waals surface area contributed by atoms with Crippen molar-refractivity contribution in [3.05, 3.63) is 0 Å². The number of likely N-dealkylation sites (tertiary alicyclic amines) is 1. The number of rotatable bonds is 7. The maximum absolute atomic E-state index is 10.3. The number of hydrogen-bond acceptors (Lipinski definition) is 4. The topological polar surface area (TPSA) is 59.0 Å². The van der Waals surface area contributed by atoms with Crippen LogP contribution in [-0.4, -0.2) is 61.0 Å². The minimum absolute atomic E-state index is 0.213. The molecule has 0 amide bonds. The Hall–Kier alpha value is -0.650. The van der Waals surface area contributed by atoms with E-state index in [1.807, 2.05) is 13.8 Å². The molecule has 1 saturated heterocycles. The van der Waals surface area contributed by atoms with E-state index in [0.717, 1.165) is 32.8 Å². The van der Waals surface area contributed by atoms with Gasteiger partial charge in [-0.2, -0.15) is 0 Å². The van der Waals surface area contributed by atoms with Gasteiger partial charge in [0.2, 0.25) is 0 Å². The summed E-state index contributed by atoms with van der Waals surface area (Å²) in [6.45, 7) is 7.62. The van der Waals surface area contributed by atoms with E-state index < -0.39 is 5.97 Å². The van der Waals surface area contributed by atoms with E-state index >= 15 is 0 Å². The first-order valence-electron chi connectivity index (χ1n) is 5.21. The average molecular weight is 217 g/mol. The van der Waals surface area contributed by atoms with Crippen LogP contribution in [0.4, 0.5) is 0 Å². The van der Waals surface area contributed by atoms with Crippen LogP contribution in [0.1, 0.15) is 13.8 Å². The van der Waals surface area contributed by atoms with Crippen LogP contribution >= 0.6 is 0 Å². The second-order valence-electron chi connectivity index (χ2n) is 4.04. The second-order valence-corrected chi connectivity index (χ2v) is 4.04. The van der Waals surface area contributed by atoms with Crippen LogP contribution in [0.2, 0.25) is 0 Å². The van der Waals surface area contributed by atoms with E-state index in [1.165, 1.54) is 0 Å². The van der Waals surface area contributed by atoms with Crippen LogP contribution in [0, 0.1) is 0 Å². The maximum atomic E-state index is 10.3. The lowest BCUT2D eigenvalue weighted by Gasteiger charge is -2.47. The normalized spacial score (nSPS) is 19.9. The molecule has 5 heteroatoms. The van der Waals surface area contributed by atoms with Crippen molar-refractivity contribution in [1.29, 1.82) is 0 Å². The van der Waals surface area contributed by atoms with Gasteiger partial charge in [-0.3, -0.25) is 4.90 Å². The van der Waals surface area contributed by atoms with Gasteiger partial charge in [0.25, 0.3) is 0 Å². The Morgan fingerprint density at radius 2 is 2.20 bits per heavy atom. The lowest BCUT2D eigenvalue weighted by molar-refractivity contribution is -0.165. The molecule has 0 atom stereocenters. The SMILES string of the molecule is CCOCCN1CC(C)(OCC(=O)O)C1. The Labute approximate surface area is 90.0 Å². The molecule has 1 rings (SSSR count). The maximum Gasteiger partial charge on any atom is 0.329 e. The minimum Gasteiger partial charge on any atom is -0.480 e. The number of nitrogens with zero attached hydrogens (tertiary/aromatic N) is 1. The molecule has 0 spiro atoms. The van der Waals surface area contributed by atoms with Gasteiger partial charge in [-0.25, -0.2) is 4.79 Å². The van der Waals surface area contributed by atoms with Gasteiger partial charge < -0.3 is 14.6 Å². The van der Waals surface area contributed by atoms with E-state index in [-0.39, 0.29) is 12.2 Å². The van der Waals surface area contributed by atoms with Gasteiger partial charge >= 0.3 is 5.97 Å². The fourth-order valence-electron chi connectivity index (χ4n) is 1.72. The highest BCUT2D eigenvalue weighted by Gasteiger charge is 2.39. The summed E-state index contributed by atoms with van der Waals surface area (Å²) in [7, 11) is 0. The van der Waals surface area contributed by atoms with Gasteiger partial charge in [-0.05, 0) is 13.8 Å². The lowest BCUT2D eigenvalue weighted by Crippen LogP contribution is -2.62. The first-order chi connectivity index (χ1) is 7.06. The first-order valence-corrected chi connectivity index (χ1v) is 5.21. The lowest BCUT2D eigenvalue weighted by atomic mass is 9.96. The molecule has 88 valence electrons. The third-order valence-corrected chi connectivity index (χ3v) is 2.42. The Kier molecular flexibility index (Phi) is 4.50. The molecule has 0 aromatic carbocycles. The van der Waals surface area contributed by atoms with E-state index in [0.29, 0.717) is 0 Å². The summed E-state index contributed by atoms with van der Waals surface area (Å²) in [6, 6.07) is 0. The fourth-order valence-corrected chi connectivity index (χ4v) is 1.72. The zero-order valence-electron chi connectivity index (χ0n) is 9.36. The summed E-state index contributed by atoms with van der Waals surface area (Å²) < 4.78 is 10.5. The van der Waals surface area contributed by atoms with Crippen molar-refractivity contribution in [1.82, 2.24) is 4.90 Å². The molecule has 1 heterocycles. The highest BCUT2D eigenvalue weighted by molar-refractivity contribution is 5.68. The van der Waals surface area contributed by atoms with Crippen molar-refractivity contribution >= 4 is 5.97 Å². The smallest absolute Gasteiger partial charge is 0.329 e. The molecule has 5 nitrogen and oxygen atoms in total. The zero-order valence-corrected chi connectivity index (χ0v) is 9.36. The van der Waals surface area contributed by atoms with Gasteiger partial charge in [-0.1, -0.05) is 0 Å². The van der Waals surface area contributed by atoms with Crippen LogP contribution < -0.4 is 0 Å². The molecule has 0 bridgehead atoms. The Morgan fingerprint density at radius 1 is 1.53 bits per heavy atom. The van der Waals surface area contributed by atoms with Crippen LogP contribution in [-0.2, 0) is 14.3 Å². The Morgan fingerprint density at radius 3 is 2.73 bits per heavy atom. The predicted octanol–water partition coefficient (Wildman–Crippen LogP) is 0.198. The zero-order chi connectivity index (χ0) is 11.3. The molecule has 1 N–H and O–H groups in total. The predicted molar refractivity (Wildman–Crippen MR) is 54.9 cm³/mol. The summed E-state index contributed by atoms with van der Waals surface area (Å²) in [5.41, 5.74) is -0.287. The molecule has 0 aliphatic carbocycles. The van der Waals surface area contributed by atoms with E-state index in [4.69, 9.17) is 14.6 Å². The van der Waals surface area contributed by atoms with Crippen molar-refractivity contribution in [2.24, 2.45) is 0 Å². The molecular weight excluding hydrogens is 198 g/mol. The highest BCUT2D eigenvalue weighted by Crippen LogP contribution is 2.23. The van der Waals surface area contributed by atoms with Crippen LogP contribution in [0.3, 0.4) is 0 Å². The third kappa shape index (κ3) is 4.15. The van der Waals surface area contributed by atoms with Gasteiger partial charge in [0.1, 0.15) is 6.61 Å². The van der Waals surface area contributed by atoms with Crippen molar-refractivity contribution < 1.29 is 19.4 Å². The van der Waals surface area contributed by atoms with Gasteiger partial charge in [0.05, 0.1) is 12.2 Å². The average Bonchev–Trinajstić information content (AvgIpc) is 2.12. The largest absolute Gasteiger partial charge is 0.480 e. The molecule has 0 aromatic heterocycles. The molecule has 15 heavy (non-hydrogen) atoms. The molecule has 0 saturated carbocycles. The standard InChI is InChI=1S/C10H19NO4/c1-3-14-5-4-11-7-10(2,8-11)15-6-9(12)13/h3-8H2,1-2H3,(H,12,13). The molecule has 1 fully saturated rings. The van der Waals surface area contributed by atoms with Crippen LogP contribution in [0.15, 0.2) is 0 Å². The van der Waals surface area contributed by atoms with Gasteiger partial charge in [0.15, 0.2) is 0 Å². The van der Waals surface area contributed by atoms with E-state index in [1.54, 1.807) is 0 Å². The van der Waals surface area contributed by atoms with E-state index in [9.17, 15) is 4.79 Å².